The van der Waals surface area contributed by atoms with Gasteiger partial charge in [-0.1, -0.05) is 0 Å². The lowest BCUT2D eigenvalue weighted by Gasteiger charge is -2.39. The fourth-order valence-corrected chi connectivity index (χ4v) is 2.63. The van der Waals surface area contributed by atoms with Crippen LogP contribution >= 0.6 is 0 Å². The Bertz CT molecular complexity index is 603. The zero-order valence-electron chi connectivity index (χ0n) is 13.9. The monoisotopic (exact) mass is 346 g/mol. The van der Waals surface area contributed by atoms with Gasteiger partial charge < -0.3 is 14.7 Å². The number of hydrogen-bond donors (Lipinski definition) is 1. The van der Waals surface area contributed by atoms with Gasteiger partial charge in [0.05, 0.1) is 11.3 Å². The second-order valence-electron chi connectivity index (χ2n) is 6.90. The highest BCUT2D eigenvalue weighted by molar-refractivity contribution is 5.68. The third kappa shape index (κ3) is 4.17. The molecule has 0 atom stereocenters. The minimum atomic E-state index is -4.60. The average molecular weight is 346 g/mol. The maximum Gasteiger partial charge on any atom is 0.418 e. The molecule has 24 heavy (non-hydrogen) atoms. The Morgan fingerprint density at radius 2 is 1.88 bits per heavy atom. The number of amides is 1. The molecule has 1 saturated heterocycles. The number of halogens is 3. The predicted molar refractivity (Wildman–Crippen MR) is 80.2 cm³/mol. The molecule has 2 heterocycles. The maximum atomic E-state index is 13.1. The molecule has 1 aliphatic heterocycles. The number of likely N-dealkylation sites (tertiary alicyclic amines) is 1. The number of rotatable bonds is 1. The molecular formula is C16H21F3N2O3. The standard InChI is InChI=1S/C16H21F3N2O3/c1-14(2,3)24-13(22)21-9-6-15(23,7-10-21)12-11(16(17,18)19)5-4-8-20-12/h4-5,8,23H,6-7,9-10H2,1-3H3. The van der Waals surface area contributed by atoms with Crippen LogP contribution in [0.1, 0.15) is 44.9 Å². The van der Waals surface area contributed by atoms with Gasteiger partial charge in [-0.2, -0.15) is 13.2 Å². The molecule has 0 bridgehead atoms. The van der Waals surface area contributed by atoms with E-state index in [1.54, 1.807) is 20.8 Å². The Labute approximate surface area is 138 Å². The second kappa shape index (κ2) is 6.23. The zero-order valence-corrected chi connectivity index (χ0v) is 13.9. The topological polar surface area (TPSA) is 62.7 Å². The van der Waals surface area contributed by atoms with Gasteiger partial charge >= 0.3 is 12.3 Å². The molecular weight excluding hydrogens is 325 g/mol. The molecule has 0 unspecified atom stereocenters. The lowest BCUT2D eigenvalue weighted by atomic mass is 9.85. The van der Waals surface area contributed by atoms with Crippen LogP contribution in [-0.4, -0.2) is 39.8 Å². The first-order valence-electron chi connectivity index (χ1n) is 7.65. The first kappa shape index (κ1) is 18.5. The van der Waals surface area contributed by atoms with E-state index in [4.69, 9.17) is 4.74 Å². The van der Waals surface area contributed by atoms with Gasteiger partial charge in [0.2, 0.25) is 0 Å². The molecule has 1 amide bonds. The lowest BCUT2D eigenvalue weighted by Crippen LogP contribution is -2.47. The molecule has 0 saturated carbocycles. The summed E-state index contributed by atoms with van der Waals surface area (Å²) in [6.45, 7) is 5.39. The molecule has 1 aliphatic rings. The van der Waals surface area contributed by atoms with E-state index in [-0.39, 0.29) is 31.6 Å². The van der Waals surface area contributed by atoms with Gasteiger partial charge in [0.15, 0.2) is 0 Å². The minimum absolute atomic E-state index is 0.0354. The van der Waals surface area contributed by atoms with E-state index >= 15 is 0 Å². The maximum absolute atomic E-state index is 13.1. The van der Waals surface area contributed by atoms with Crippen LogP contribution in [0.2, 0.25) is 0 Å². The molecule has 8 heteroatoms. The fraction of sp³-hybridized carbons (Fsp3) is 0.625. The number of hydrogen-bond acceptors (Lipinski definition) is 4. The molecule has 1 fully saturated rings. The molecule has 1 aromatic rings. The van der Waals surface area contributed by atoms with Gasteiger partial charge in [0.25, 0.3) is 0 Å². The van der Waals surface area contributed by atoms with E-state index < -0.39 is 29.0 Å². The largest absolute Gasteiger partial charge is 0.444 e. The van der Waals surface area contributed by atoms with Crippen molar-refractivity contribution < 1.29 is 27.8 Å². The number of carbonyl (C=O) groups excluding carboxylic acids is 1. The number of ether oxygens (including phenoxy) is 1. The van der Waals surface area contributed by atoms with E-state index in [1.807, 2.05) is 0 Å². The lowest BCUT2D eigenvalue weighted by molar-refractivity contribution is -0.142. The van der Waals surface area contributed by atoms with Crippen molar-refractivity contribution in [2.45, 2.75) is 51.0 Å². The van der Waals surface area contributed by atoms with Crippen molar-refractivity contribution in [1.29, 1.82) is 0 Å². The smallest absolute Gasteiger partial charge is 0.418 e. The number of carbonyl (C=O) groups is 1. The van der Waals surface area contributed by atoms with Crippen molar-refractivity contribution >= 4 is 6.09 Å². The highest BCUT2D eigenvalue weighted by atomic mass is 19.4. The van der Waals surface area contributed by atoms with Crippen LogP contribution < -0.4 is 0 Å². The third-order valence-corrected chi connectivity index (χ3v) is 3.80. The molecule has 5 nitrogen and oxygen atoms in total. The fourth-order valence-electron chi connectivity index (χ4n) is 2.63. The second-order valence-corrected chi connectivity index (χ2v) is 6.90. The molecule has 0 spiro atoms. The van der Waals surface area contributed by atoms with Crippen LogP contribution in [0.3, 0.4) is 0 Å². The summed E-state index contributed by atoms with van der Waals surface area (Å²) in [5.41, 5.74) is -3.71. The van der Waals surface area contributed by atoms with E-state index in [1.165, 1.54) is 17.2 Å². The molecule has 0 aromatic carbocycles. The average Bonchev–Trinajstić information content (AvgIpc) is 2.45. The SMILES string of the molecule is CC(C)(C)OC(=O)N1CCC(O)(c2ncccc2C(F)(F)F)CC1. The number of pyridine rings is 1. The summed E-state index contributed by atoms with van der Waals surface area (Å²) in [5, 5.41) is 10.7. The van der Waals surface area contributed by atoms with Crippen LogP contribution in [0.15, 0.2) is 18.3 Å². The summed E-state index contributed by atoms with van der Waals surface area (Å²) >= 11 is 0. The molecule has 1 aromatic heterocycles. The molecule has 134 valence electrons. The normalized spacial score (nSPS) is 18.4. The Morgan fingerprint density at radius 1 is 1.29 bits per heavy atom. The minimum Gasteiger partial charge on any atom is -0.444 e. The molecule has 1 N–H and O–H groups in total. The van der Waals surface area contributed by atoms with Gasteiger partial charge in [-0.25, -0.2) is 4.79 Å². The number of piperidine rings is 1. The quantitative estimate of drug-likeness (QED) is 0.847. The van der Waals surface area contributed by atoms with Crippen molar-refractivity contribution in [3.05, 3.63) is 29.6 Å². The third-order valence-electron chi connectivity index (χ3n) is 3.80. The summed E-state index contributed by atoms with van der Waals surface area (Å²) < 4.78 is 44.6. The molecule has 2 rings (SSSR count). The van der Waals surface area contributed by atoms with Crippen LogP contribution in [0, 0.1) is 0 Å². The van der Waals surface area contributed by atoms with Crippen molar-refractivity contribution in [3.8, 4) is 0 Å². The number of alkyl halides is 3. The summed E-state index contributed by atoms with van der Waals surface area (Å²) in [5.74, 6) is 0. The van der Waals surface area contributed by atoms with E-state index in [0.717, 1.165) is 6.07 Å². The van der Waals surface area contributed by atoms with Gasteiger partial charge in [0, 0.05) is 19.3 Å². The number of aromatic nitrogens is 1. The molecule has 0 aliphatic carbocycles. The van der Waals surface area contributed by atoms with Crippen molar-refractivity contribution in [1.82, 2.24) is 9.88 Å². The highest BCUT2D eigenvalue weighted by Crippen LogP contribution is 2.40. The summed E-state index contributed by atoms with van der Waals surface area (Å²) in [7, 11) is 0. The van der Waals surface area contributed by atoms with E-state index in [2.05, 4.69) is 4.98 Å². The molecule has 0 radical (unpaired) electrons. The Kier molecular flexibility index (Phi) is 4.81. The van der Waals surface area contributed by atoms with Gasteiger partial charge in [-0.3, -0.25) is 4.98 Å². The Balaban J connectivity index is 2.15. The van der Waals surface area contributed by atoms with Crippen LogP contribution in [-0.2, 0) is 16.5 Å². The van der Waals surface area contributed by atoms with Crippen molar-refractivity contribution in [3.63, 3.8) is 0 Å². The van der Waals surface area contributed by atoms with E-state index in [0.29, 0.717) is 0 Å². The number of nitrogens with zero attached hydrogens (tertiary/aromatic N) is 2. The van der Waals surface area contributed by atoms with Crippen molar-refractivity contribution in [2.75, 3.05) is 13.1 Å². The zero-order chi connectivity index (χ0) is 18.2. The van der Waals surface area contributed by atoms with Gasteiger partial charge in [-0.15, -0.1) is 0 Å². The Hall–Kier alpha value is -1.83. The van der Waals surface area contributed by atoms with Gasteiger partial charge in [-0.05, 0) is 45.7 Å². The first-order valence-corrected chi connectivity index (χ1v) is 7.65. The summed E-state index contributed by atoms with van der Waals surface area (Å²) in [6, 6.07) is 2.09. The summed E-state index contributed by atoms with van der Waals surface area (Å²) in [6.07, 6.45) is -3.98. The Morgan fingerprint density at radius 3 is 2.38 bits per heavy atom. The number of aliphatic hydroxyl groups is 1. The van der Waals surface area contributed by atoms with Crippen molar-refractivity contribution in [2.24, 2.45) is 0 Å². The predicted octanol–water partition coefficient (Wildman–Crippen LogP) is 3.32. The van der Waals surface area contributed by atoms with Crippen LogP contribution in [0.25, 0.3) is 0 Å². The summed E-state index contributed by atoms with van der Waals surface area (Å²) in [4.78, 5) is 17.2. The van der Waals surface area contributed by atoms with Crippen LogP contribution in [0.5, 0.6) is 0 Å². The van der Waals surface area contributed by atoms with Gasteiger partial charge in [0.1, 0.15) is 11.2 Å². The van der Waals surface area contributed by atoms with Crippen LogP contribution in [0.4, 0.5) is 18.0 Å². The first-order chi connectivity index (χ1) is 10.9. The highest BCUT2D eigenvalue weighted by Gasteiger charge is 2.44. The van der Waals surface area contributed by atoms with E-state index in [9.17, 15) is 23.1 Å².